The molecule has 2 N–H and O–H groups in total. The second-order valence-electron chi connectivity index (χ2n) is 6.06. The van der Waals surface area contributed by atoms with Crippen LogP contribution in [0.15, 0.2) is 35.8 Å². The highest BCUT2D eigenvalue weighted by Crippen LogP contribution is 2.40. The van der Waals surface area contributed by atoms with E-state index < -0.39 is 0 Å². The molecule has 2 aliphatic heterocycles. The lowest BCUT2D eigenvalue weighted by Crippen LogP contribution is -2.48. The third-order valence-electron chi connectivity index (χ3n) is 4.67. The van der Waals surface area contributed by atoms with Gasteiger partial charge in [0.05, 0.1) is 0 Å². The van der Waals surface area contributed by atoms with Gasteiger partial charge in [0.25, 0.3) is 0 Å². The van der Waals surface area contributed by atoms with Gasteiger partial charge in [-0.2, -0.15) is 0 Å². The first-order valence-corrected chi connectivity index (χ1v) is 8.31. The molecule has 2 aliphatic rings. The number of ether oxygens (including phenoxy) is 3. The number of hydrogen-bond donors (Lipinski definition) is 2. The van der Waals surface area contributed by atoms with Crippen molar-refractivity contribution in [2.24, 2.45) is 4.99 Å². The molecule has 0 aliphatic carbocycles. The fourth-order valence-corrected chi connectivity index (χ4v) is 3.20. The van der Waals surface area contributed by atoms with E-state index in [0.29, 0.717) is 13.3 Å². The van der Waals surface area contributed by atoms with Crippen LogP contribution >= 0.6 is 0 Å². The Morgan fingerprint density at radius 2 is 2.04 bits per heavy atom. The van der Waals surface area contributed by atoms with Gasteiger partial charge in [-0.1, -0.05) is 12.1 Å². The van der Waals surface area contributed by atoms with Gasteiger partial charge in [0.2, 0.25) is 6.79 Å². The lowest BCUT2D eigenvalue weighted by Gasteiger charge is -2.38. The molecule has 130 valence electrons. The predicted molar refractivity (Wildman–Crippen MR) is 93.9 cm³/mol. The number of aliphatic imine (C=N–C) groups is 1. The number of hydrogen-bond acceptors (Lipinski definition) is 4. The van der Waals surface area contributed by atoms with Crippen LogP contribution in [0, 0.1) is 0 Å². The van der Waals surface area contributed by atoms with Crippen LogP contribution in [0.4, 0.5) is 0 Å². The summed E-state index contributed by atoms with van der Waals surface area (Å²) in [4.78, 5) is 4.26. The molecule has 0 radical (unpaired) electrons. The number of nitrogens with zero attached hydrogens (tertiary/aromatic N) is 1. The molecule has 0 spiro atoms. The average Bonchev–Trinajstić information content (AvgIpc) is 3.10. The van der Waals surface area contributed by atoms with Crippen LogP contribution in [0.1, 0.15) is 18.4 Å². The second kappa shape index (κ2) is 7.57. The van der Waals surface area contributed by atoms with Crippen LogP contribution in [-0.2, 0) is 10.2 Å². The van der Waals surface area contributed by atoms with Gasteiger partial charge in [-0.25, -0.2) is 0 Å². The summed E-state index contributed by atoms with van der Waals surface area (Å²) in [5, 5.41) is 6.66. The summed E-state index contributed by atoms with van der Waals surface area (Å²) in [6, 6.07) is 6.25. The molecule has 1 aromatic rings. The minimum atomic E-state index is -0.00890. The summed E-state index contributed by atoms with van der Waals surface area (Å²) in [6.45, 7) is 7.00. The van der Waals surface area contributed by atoms with Gasteiger partial charge in [0.15, 0.2) is 17.5 Å². The average molecular weight is 331 g/mol. The SMILES string of the molecule is C=CCNC(=NC)NCC1(c2ccc3c(c2)OCO3)CCOCC1. The highest BCUT2D eigenvalue weighted by atomic mass is 16.7. The van der Waals surface area contributed by atoms with E-state index in [0.717, 1.165) is 50.1 Å². The summed E-state index contributed by atoms with van der Waals surface area (Å²) in [5.74, 6) is 2.42. The van der Waals surface area contributed by atoms with Crippen molar-refractivity contribution in [3.05, 3.63) is 36.4 Å². The second-order valence-corrected chi connectivity index (χ2v) is 6.06. The zero-order valence-corrected chi connectivity index (χ0v) is 14.1. The van der Waals surface area contributed by atoms with E-state index in [4.69, 9.17) is 14.2 Å². The molecule has 0 aromatic heterocycles. The smallest absolute Gasteiger partial charge is 0.231 e. The van der Waals surface area contributed by atoms with Crippen LogP contribution in [0.2, 0.25) is 0 Å². The zero-order chi connectivity index (χ0) is 16.8. The fraction of sp³-hybridized carbons (Fsp3) is 0.500. The third kappa shape index (κ3) is 3.48. The van der Waals surface area contributed by atoms with Crippen LogP contribution in [0.3, 0.4) is 0 Å². The number of nitrogens with one attached hydrogen (secondary N) is 2. The molecule has 1 saturated heterocycles. The van der Waals surface area contributed by atoms with Crippen molar-refractivity contribution in [2.45, 2.75) is 18.3 Å². The number of fused-ring (bicyclic) bond motifs is 1. The molecule has 6 heteroatoms. The lowest BCUT2D eigenvalue weighted by molar-refractivity contribution is 0.0513. The summed E-state index contributed by atoms with van der Waals surface area (Å²) in [7, 11) is 1.77. The van der Waals surface area contributed by atoms with Gasteiger partial charge in [-0.05, 0) is 30.5 Å². The Kier molecular flexibility index (Phi) is 5.25. The third-order valence-corrected chi connectivity index (χ3v) is 4.67. The van der Waals surface area contributed by atoms with E-state index in [2.05, 4.69) is 34.3 Å². The van der Waals surface area contributed by atoms with Crippen molar-refractivity contribution in [2.75, 3.05) is 40.1 Å². The van der Waals surface area contributed by atoms with Gasteiger partial charge in [-0.3, -0.25) is 4.99 Å². The molecule has 1 aromatic carbocycles. The molecule has 0 atom stereocenters. The molecule has 6 nitrogen and oxygen atoms in total. The maximum absolute atomic E-state index is 5.59. The molecule has 0 unspecified atom stereocenters. The minimum Gasteiger partial charge on any atom is -0.454 e. The Balaban J connectivity index is 1.78. The highest BCUT2D eigenvalue weighted by molar-refractivity contribution is 5.79. The van der Waals surface area contributed by atoms with E-state index in [1.54, 1.807) is 7.05 Å². The van der Waals surface area contributed by atoms with Gasteiger partial charge in [0.1, 0.15) is 0 Å². The monoisotopic (exact) mass is 331 g/mol. The Morgan fingerprint density at radius 1 is 1.25 bits per heavy atom. The van der Waals surface area contributed by atoms with Crippen molar-refractivity contribution in [3.8, 4) is 11.5 Å². The first-order valence-electron chi connectivity index (χ1n) is 8.31. The van der Waals surface area contributed by atoms with Crippen LogP contribution in [0.5, 0.6) is 11.5 Å². The first kappa shape index (κ1) is 16.6. The number of guanidine groups is 1. The van der Waals surface area contributed by atoms with Crippen molar-refractivity contribution >= 4 is 5.96 Å². The normalized spacial score (nSPS) is 19.0. The van der Waals surface area contributed by atoms with Gasteiger partial charge < -0.3 is 24.8 Å². The number of benzene rings is 1. The van der Waals surface area contributed by atoms with Crippen LogP contribution in [0.25, 0.3) is 0 Å². The van der Waals surface area contributed by atoms with Crippen molar-refractivity contribution in [3.63, 3.8) is 0 Å². The zero-order valence-electron chi connectivity index (χ0n) is 14.1. The number of rotatable bonds is 5. The predicted octanol–water partition coefficient (Wildman–Crippen LogP) is 1.81. The molecule has 24 heavy (non-hydrogen) atoms. The molecule has 1 fully saturated rings. The Bertz CT molecular complexity index is 610. The van der Waals surface area contributed by atoms with Gasteiger partial charge in [0, 0.05) is 38.8 Å². The first-order chi connectivity index (χ1) is 11.8. The molecular weight excluding hydrogens is 306 g/mol. The molecule has 3 rings (SSSR count). The standard InChI is InChI=1S/C18H25N3O3/c1-3-8-20-17(19-2)21-12-18(6-9-22-10-7-18)14-4-5-15-16(11-14)24-13-23-15/h3-5,11H,1,6-10,12-13H2,2H3,(H2,19,20,21). The van der Waals surface area contributed by atoms with Crippen molar-refractivity contribution in [1.29, 1.82) is 0 Å². The van der Waals surface area contributed by atoms with Crippen LogP contribution in [-0.4, -0.2) is 46.1 Å². The fourth-order valence-electron chi connectivity index (χ4n) is 3.20. The molecule has 0 bridgehead atoms. The van der Waals surface area contributed by atoms with E-state index in [1.807, 2.05) is 12.1 Å². The minimum absolute atomic E-state index is 0.00890. The summed E-state index contributed by atoms with van der Waals surface area (Å²) in [5.41, 5.74) is 1.24. The molecular formula is C18H25N3O3. The van der Waals surface area contributed by atoms with Crippen molar-refractivity contribution < 1.29 is 14.2 Å². The Labute approximate surface area is 142 Å². The maximum atomic E-state index is 5.59. The van der Waals surface area contributed by atoms with Gasteiger partial charge in [-0.15, -0.1) is 6.58 Å². The van der Waals surface area contributed by atoms with E-state index >= 15 is 0 Å². The van der Waals surface area contributed by atoms with Crippen LogP contribution < -0.4 is 20.1 Å². The lowest BCUT2D eigenvalue weighted by atomic mass is 9.74. The van der Waals surface area contributed by atoms with Gasteiger partial charge >= 0.3 is 0 Å². The maximum Gasteiger partial charge on any atom is 0.231 e. The largest absolute Gasteiger partial charge is 0.454 e. The summed E-state index contributed by atoms with van der Waals surface area (Å²) >= 11 is 0. The molecule has 2 heterocycles. The summed E-state index contributed by atoms with van der Waals surface area (Å²) in [6.07, 6.45) is 3.73. The van der Waals surface area contributed by atoms with Crippen molar-refractivity contribution in [1.82, 2.24) is 10.6 Å². The highest BCUT2D eigenvalue weighted by Gasteiger charge is 2.35. The van der Waals surface area contributed by atoms with E-state index in [-0.39, 0.29) is 5.41 Å². The topological polar surface area (TPSA) is 64.1 Å². The van der Waals surface area contributed by atoms with E-state index in [1.165, 1.54) is 5.56 Å². The summed E-state index contributed by atoms with van der Waals surface area (Å²) < 4.78 is 16.6. The molecule has 0 saturated carbocycles. The quantitative estimate of drug-likeness (QED) is 0.489. The van der Waals surface area contributed by atoms with E-state index in [9.17, 15) is 0 Å². The Hall–Kier alpha value is -2.21. The Morgan fingerprint density at radius 3 is 2.79 bits per heavy atom. The molecule has 0 amide bonds.